The Kier molecular flexibility index (Phi) is 4.99. The van der Waals surface area contributed by atoms with Gasteiger partial charge in [0.1, 0.15) is 0 Å². The number of rotatable bonds is 4. The van der Waals surface area contributed by atoms with Crippen LogP contribution in [0.5, 0.6) is 0 Å². The van der Waals surface area contributed by atoms with E-state index in [1.807, 2.05) is 6.92 Å². The van der Waals surface area contributed by atoms with Crippen LogP contribution in [0.2, 0.25) is 0 Å². The first kappa shape index (κ1) is 17.1. The highest BCUT2D eigenvalue weighted by molar-refractivity contribution is 5.79. The summed E-state index contributed by atoms with van der Waals surface area (Å²) in [5, 5.41) is 2.68. The number of ether oxygens (including phenoxy) is 1. The van der Waals surface area contributed by atoms with Crippen LogP contribution in [0.4, 0.5) is 13.2 Å². The standard InChI is InChI=1S/C14H21F3N2O3/c1-13(5-11(20)18-7-13)9-22-12(21)10-3-2-4-19(6-10)8-14(15,16)17/h10H,2-9H2,1H3,(H,18,20)/t10-,13+/m1/s1. The molecule has 2 heterocycles. The summed E-state index contributed by atoms with van der Waals surface area (Å²) in [5.74, 6) is -1.07. The fraction of sp³-hybridized carbons (Fsp3) is 0.857. The molecule has 2 rings (SSSR count). The molecular formula is C14H21F3N2O3. The molecule has 0 aromatic carbocycles. The van der Waals surface area contributed by atoms with E-state index in [1.165, 1.54) is 4.90 Å². The Labute approximate surface area is 127 Å². The molecule has 2 aliphatic rings. The fourth-order valence-electron chi connectivity index (χ4n) is 2.93. The average molecular weight is 322 g/mol. The third-order valence-corrected chi connectivity index (χ3v) is 4.10. The Morgan fingerprint density at radius 2 is 2.23 bits per heavy atom. The molecule has 0 bridgehead atoms. The summed E-state index contributed by atoms with van der Waals surface area (Å²) in [6, 6.07) is 0. The molecule has 2 fully saturated rings. The first-order valence-corrected chi connectivity index (χ1v) is 7.39. The molecular weight excluding hydrogens is 301 g/mol. The summed E-state index contributed by atoms with van der Waals surface area (Å²) in [6.45, 7) is 1.83. The number of piperidine rings is 1. The van der Waals surface area contributed by atoms with E-state index in [2.05, 4.69) is 5.32 Å². The number of carbonyl (C=O) groups excluding carboxylic acids is 2. The minimum Gasteiger partial charge on any atom is -0.465 e. The second-order valence-electron chi connectivity index (χ2n) is 6.56. The largest absolute Gasteiger partial charge is 0.465 e. The van der Waals surface area contributed by atoms with Crippen molar-refractivity contribution in [2.75, 3.05) is 32.8 Å². The Morgan fingerprint density at radius 3 is 2.82 bits per heavy atom. The number of hydrogen-bond donors (Lipinski definition) is 1. The van der Waals surface area contributed by atoms with Crippen molar-refractivity contribution in [2.45, 2.75) is 32.4 Å². The number of esters is 1. The predicted molar refractivity (Wildman–Crippen MR) is 71.9 cm³/mol. The summed E-state index contributed by atoms with van der Waals surface area (Å²) in [6.07, 6.45) is -2.87. The maximum atomic E-state index is 12.4. The zero-order valence-electron chi connectivity index (χ0n) is 12.5. The lowest BCUT2D eigenvalue weighted by Crippen LogP contribution is -2.44. The van der Waals surface area contributed by atoms with Crippen LogP contribution in [0, 0.1) is 11.3 Å². The molecule has 2 atom stereocenters. The van der Waals surface area contributed by atoms with Crippen molar-refractivity contribution in [1.29, 1.82) is 0 Å². The summed E-state index contributed by atoms with van der Waals surface area (Å²) in [4.78, 5) is 24.5. The second-order valence-corrected chi connectivity index (χ2v) is 6.56. The maximum absolute atomic E-state index is 12.4. The van der Waals surface area contributed by atoms with Gasteiger partial charge >= 0.3 is 12.1 Å². The maximum Gasteiger partial charge on any atom is 0.401 e. The van der Waals surface area contributed by atoms with Gasteiger partial charge in [0.05, 0.1) is 19.1 Å². The first-order chi connectivity index (χ1) is 10.2. The monoisotopic (exact) mass is 322 g/mol. The first-order valence-electron chi connectivity index (χ1n) is 7.39. The molecule has 0 aromatic rings. The third-order valence-electron chi connectivity index (χ3n) is 4.10. The average Bonchev–Trinajstić information content (AvgIpc) is 2.75. The zero-order valence-corrected chi connectivity index (χ0v) is 12.5. The van der Waals surface area contributed by atoms with Crippen molar-refractivity contribution in [3.8, 4) is 0 Å². The van der Waals surface area contributed by atoms with E-state index >= 15 is 0 Å². The van der Waals surface area contributed by atoms with E-state index in [-0.39, 0.29) is 19.1 Å². The van der Waals surface area contributed by atoms with Gasteiger partial charge in [-0.3, -0.25) is 14.5 Å². The number of carbonyl (C=O) groups is 2. The number of halogens is 3. The molecule has 22 heavy (non-hydrogen) atoms. The third kappa shape index (κ3) is 4.86. The molecule has 0 unspecified atom stereocenters. The van der Waals surface area contributed by atoms with Crippen molar-refractivity contribution in [3.63, 3.8) is 0 Å². The Hall–Kier alpha value is -1.31. The van der Waals surface area contributed by atoms with Gasteiger partial charge in [0.2, 0.25) is 5.91 Å². The number of nitrogens with zero attached hydrogens (tertiary/aromatic N) is 1. The van der Waals surface area contributed by atoms with Crippen molar-refractivity contribution in [2.24, 2.45) is 11.3 Å². The lowest BCUT2D eigenvalue weighted by Gasteiger charge is -2.32. The summed E-state index contributed by atoms with van der Waals surface area (Å²) in [5.41, 5.74) is -0.424. The summed E-state index contributed by atoms with van der Waals surface area (Å²) in [7, 11) is 0. The normalized spacial score (nSPS) is 30.2. The van der Waals surface area contributed by atoms with Gasteiger partial charge in [0, 0.05) is 24.9 Å². The van der Waals surface area contributed by atoms with E-state index in [1.54, 1.807) is 0 Å². The minimum atomic E-state index is -4.25. The van der Waals surface area contributed by atoms with Gasteiger partial charge in [0.15, 0.2) is 0 Å². The molecule has 8 heteroatoms. The minimum absolute atomic E-state index is 0.0756. The Morgan fingerprint density at radius 1 is 1.50 bits per heavy atom. The molecule has 2 saturated heterocycles. The molecule has 1 amide bonds. The van der Waals surface area contributed by atoms with E-state index in [0.29, 0.717) is 32.4 Å². The predicted octanol–water partition coefficient (Wildman–Crippen LogP) is 1.33. The topological polar surface area (TPSA) is 58.6 Å². The molecule has 0 spiro atoms. The molecule has 0 saturated carbocycles. The molecule has 0 radical (unpaired) electrons. The quantitative estimate of drug-likeness (QED) is 0.794. The SMILES string of the molecule is C[C@@]1(COC(=O)[C@@H]2CCCN(CC(F)(F)F)C2)CNC(=O)C1. The zero-order chi connectivity index (χ0) is 16.4. The van der Waals surface area contributed by atoms with Gasteiger partial charge in [-0.15, -0.1) is 0 Å². The molecule has 5 nitrogen and oxygen atoms in total. The summed E-state index contributed by atoms with van der Waals surface area (Å²) >= 11 is 0. The van der Waals surface area contributed by atoms with Crippen LogP contribution in [-0.2, 0) is 14.3 Å². The van der Waals surface area contributed by atoms with Gasteiger partial charge in [0.25, 0.3) is 0 Å². The van der Waals surface area contributed by atoms with Crippen LogP contribution in [0.3, 0.4) is 0 Å². The van der Waals surface area contributed by atoms with Crippen molar-refractivity contribution in [1.82, 2.24) is 10.2 Å². The lowest BCUT2D eigenvalue weighted by molar-refractivity contribution is -0.162. The molecule has 126 valence electrons. The van der Waals surface area contributed by atoms with Gasteiger partial charge in [-0.1, -0.05) is 6.92 Å². The highest BCUT2D eigenvalue weighted by atomic mass is 19.4. The number of hydrogen-bond acceptors (Lipinski definition) is 4. The fourth-order valence-corrected chi connectivity index (χ4v) is 2.93. The molecule has 0 aromatic heterocycles. The molecule has 2 aliphatic heterocycles. The van der Waals surface area contributed by atoms with Crippen LogP contribution in [0.25, 0.3) is 0 Å². The molecule has 1 N–H and O–H groups in total. The lowest BCUT2D eigenvalue weighted by atomic mass is 9.91. The summed E-state index contributed by atoms with van der Waals surface area (Å²) < 4.78 is 42.5. The number of alkyl halides is 3. The van der Waals surface area contributed by atoms with Gasteiger partial charge in [-0.05, 0) is 19.4 Å². The van der Waals surface area contributed by atoms with Crippen LogP contribution < -0.4 is 5.32 Å². The number of amides is 1. The van der Waals surface area contributed by atoms with Crippen molar-refractivity contribution >= 4 is 11.9 Å². The van der Waals surface area contributed by atoms with Crippen molar-refractivity contribution in [3.05, 3.63) is 0 Å². The van der Waals surface area contributed by atoms with Crippen LogP contribution >= 0.6 is 0 Å². The Balaban J connectivity index is 1.80. The van der Waals surface area contributed by atoms with Gasteiger partial charge in [-0.25, -0.2) is 0 Å². The van der Waals surface area contributed by atoms with Crippen LogP contribution in [-0.4, -0.2) is 55.7 Å². The van der Waals surface area contributed by atoms with Gasteiger partial charge in [-0.2, -0.15) is 13.2 Å². The highest BCUT2D eigenvalue weighted by Gasteiger charge is 2.38. The highest BCUT2D eigenvalue weighted by Crippen LogP contribution is 2.27. The van der Waals surface area contributed by atoms with E-state index in [9.17, 15) is 22.8 Å². The molecule has 0 aliphatic carbocycles. The number of nitrogens with one attached hydrogen (secondary N) is 1. The number of likely N-dealkylation sites (tertiary alicyclic amines) is 1. The Bertz CT molecular complexity index is 442. The van der Waals surface area contributed by atoms with Crippen molar-refractivity contribution < 1.29 is 27.5 Å². The van der Waals surface area contributed by atoms with E-state index < -0.39 is 30.0 Å². The second kappa shape index (κ2) is 6.44. The smallest absolute Gasteiger partial charge is 0.401 e. The van der Waals surface area contributed by atoms with Gasteiger partial charge < -0.3 is 10.1 Å². The van der Waals surface area contributed by atoms with Crippen LogP contribution in [0.15, 0.2) is 0 Å². The van der Waals surface area contributed by atoms with Crippen LogP contribution in [0.1, 0.15) is 26.2 Å². The van der Waals surface area contributed by atoms with E-state index in [4.69, 9.17) is 4.74 Å². The van der Waals surface area contributed by atoms with E-state index in [0.717, 1.165) is 0 Å².